The zero-order chi connectivity index (χ0) is 10.7. The van der Waals surface area contributed by atoms with Gasteiger partial charge in [-0.15, -0.1) is 0 Å². The Kier molecular flexibility index (Phi) is 3.30. The molecule has 1 aromatic rings. The first kappa shape index (κ1) is 10.5. The fraction of sp³-hybridized carbons (Fsp3) is 0.545. The summed E-state index contributed by atoms with van der Waals surface area (Å²) in [5.74, 6) is 0. The Balaban J connectivity index is 1.95. The number of hydrogen-bond acceptors (Lipinski definition) is 4. The van der Waals surface area contributed by atoms with Gasteiger partial charge in [0, 0.05) is 12.2 Å². The van der Waals surface area contributed by atoms with E-state index in [0.717, 1.165) is 5.69 Å². The van der Waals surface area contributed by atoms with Crippen molar-refractivity contribution in [3.05, 3.63) is 30.1 Å². The average Bonchev–Trinajstić information content (AvgIpc) is 2.66. The highest BCUT2D eigenvalue weighted by Gasteiger charge is 2.27. The van der Waals surface area contributed by atoms with Crippen LogP contribution in [0.2, 0.25) is 0 Å². The highest BCUT2D eigenvalue weighted by molar-refractivity contribution is 5.08. The smallest absolute Gasteiger partial charge is 0.0948 e. The summed E-state index contributed by atoms with van der Waals surface area (Å²) in [5, 5.41) is 12.9. The van der Waals surface area contributed by atoms with E-state index < -0.39 is 6.10 Å². The molecule has 1 aliphatic rings. The minimum Gasteiger partial charge on any atom is -0.389 e. The molecule has 2 rings (SSSR count). The molecule has 2 N–H and O–H groups in total. The van der Waals surface area contributed by atoms with Crippen molar-refractivity contribution in [1.82, 2.24) is 10.3 Å². The van der Waals surface area contributed by atoms with Crippen LogP contribution in [0.25, 0.3) is 0 Å². The normalized spacial score (nSPS) is 27.9. The van der Waals surface area contributed by atoms with E-state index in [1.54, 1.807) is 6.20 Å². The van der Waals surface area contributed by atoms with Crippen LogP contribution in [0.15, 0.2) is 24.4 Å². The van der Waals surface area contributed by atoms with Gasteiger partial charge in [0.05, 0.1) is 31.1 Å². The summed E-state index contributed by atoms with van der Waals surface area (Å²) in [6, 6.07) is 5.97. The highest BCUT2D eigenvalue weighted by Crippen LogP contribution is 2.13. The van der Waals surface area contributed by atoms with E-state index in [4.69, 9.17) is 4.74 Å². The van der Waals surface area contributed by atoms with Crippen LogP contribution in [0, 0.1) is 0 Å². The van der Waals surface area contributed by atoms with E-state index in [1.807, 2.05) is 25.1 Å². The van der Waals surface area contributed by atoms with Gasteiger partial charge in [-0.1, -0.05) is 6.07 Å². The monoisotopic (exact) mass is 208 g/mol. The molecule has 2 unspecified atom stereocenters. The molecule has 1 saturated heterocycles. The number of rotatable bonds is 3. The molecule has 0 saturated carbocycles. The molecule has 0 aromatic carbocycles. The molecule has 2 heterocycles. The van der Waals surface area contributed by atoms with Crippen molar-refractivity contribution in [3.63, 3.8) is 0 Å². The molecule has 1 aromatic heterocycles. The summed E-state index contributed by atoms with van der Waals surface area (Å²) in [6.45, 7) is 3.03. The largest absolute Gasteiger partial charge is 0.389 e. The Morgan fingerprint density at radius 2 is 2.40 bits per heavy atom. The lowest BCUT2D eigenvalue weighted by Gasteiger charge is -2.20. The van der Waals surface area contributed by atoms with E-state index in [2.05, 4.69) is 10.3 Å². The third-order valence-electron chi connectivity index (χ3n) is 2.65. The van der Waals surface area contributed by atoms with Gasteiger partial charge in [-0.25, -0.2) is 0 Å². The van der Waals surface area contributed by atoms with Crippen LogP contribution >= 0.6 is 0 Å². The summed E-state index contributed by atoms with van der Waals surface area (Å²) in [4.78, 5) is 4.26. The molecular weight excluding hydrogens is 192 g/mol. The van der Waals surface area contributed by atoms with Gasteiger partial charge in [0.1, 0.15) is 0 Å². The molecule has 0 radical (unpaired) electrons. The van der Waals surface area contributed by atoms with Crippen LogP contribution in [0.5, 0.6) is 0 Å². The van der Waals surface area contributed by atoms with Crippen LogP contribution in [0.3, 0.4) is 0 Å². The number of aliphatic hydroxyl groups is 1. The third kappa shape index (κ3) is 2.53. The van der Waals surface area contributed by atoms with Crippen molar-refractivity contribution < 1.29 is 9.84 Å². The zero-order valence-corrected chi connectivity index (χ0v) is 8.76. The minimum absolute atomic E-state index is 0.0157. The van der Waals surface area contributed by atoms with Gasteiger partial charge < -0.3 is 15.2 Å². The maximum atomic E-state index is 9.58. The van der Waals surface area contributed by atoms with Crippen molar-refractivity contribution in [3.8, 4) is 0 Å². The molecular formula is C11H16N2O2. The molecule has 15 heavy (non-hydrogen) atoms. The molecule has 0 bridgehead atoms. The number of hydrogen-bond donors (Lipinski definition) is 2. The van der Waals surface area contributed by atoms with Crippen molar-refractivity contribution >= 4 is 0 Å². The van der Waals surface area contributed by atoms with Gasteiger partial charge in [0.25, 0.3) is 0 Å². The predicted molar refractivity (Wildman–Crippen MR) is 56.4 cm³/mol. The summed E-state index contributed by atoms with van der Waals surface area (Å²) in [5.41, 5.74) is 0.983. The predicted octanol–water partition coefficient (Wildman–Crippen LogP) is 0.492. The topological polar surface area (TPSA) is 54.4 Å². The van der Waals surface area contributed by atoms with Crippen molar-refractivity contribution in [1.29, 1.82) is 0 Å². The molecule has 0 amide bonds. The Bertz CT molecular complexity index is 305. The van der Waals surface area contributed by atoms with Gasteiger partial charge in [0.15, 0.2) is 0 Å². The second-order valence-corrected chi connectivity index (χ2v) is 3.85. The fourth-order valence-electron chi connectivity index (χ4n) is 1.74. The van der Waals surface area contributed by atoms with Gasteiger partial charge in [-0.05, 0) is 19.1 Å². The number of pyridine rings is 1. The van der Waals surface area contributed by atoms with Crippen LogP contribution < -0.4 is 5.32 Å². The quantitative estimate of drug-likeness (QED) is 0.759. The summed E-state index contributed by atoms with van der Waals surface area (Å²) in [7, 11) is 0. The SMILES string of the molecule is C[C@@H](NC1COCC1O)c1ccccn1. The summed E-state index contributed by atoms with van der Waals surface area (Å²) < 4.78 is 5.17. The second-order valence-electron chi connectivity index (χ2n) is 3.85. The van der Waals surface area contributed by atoms with Crippen LogP contribution in [0.1, 0.15) is 18.7 Å². The number of aliphatic hydroxyl groups excluding tert-OH is 1. The van der Waals surface area contributed by atoms with E-state index >= 15 is 0 Å². The maximum absolute atomic E-state index is 9.58. The van der Waals surface area contributed by atoms with Gasteiger partial charge in [-0.2, -0.15) is 0 Å². The Morgan fingerprint density at radius 1 is 1.53 bits per heavy atom. The fourth-order valence-corrected chi connectivity index (χ4v) is 1.74. The van der Waals surface area contributed by atoms with E-state index in [1.165, 1.54) is 0 Å². The number of nitrogens with one attached hydrogen (secondary N) is 1. The van der Waals surface area contributed by atoms with Crippen molar-refractivity contribution in [2.24, 2.45) is 0 Å². The van der Waals surface area contributed by atoms with Gasteiger partial charge >= 0.3 is 0 Å². The number of nitrogens with zero attached hydrogens (tertiary/aromatic N) is 1. The Labute approximate surface area is 89.3 Å². The van der Waals surface area contributed by atoms with Crippen LogP contribution in [-0.4, -0.2) is 35.5 Å². The Hall–Kier alpha value is -0.970. The standard InChI is InChI=1S/C11H16N2O2/c1-8(9-4-2-3-5-12-9)13-10-6-15-7-11(10)14/h2-5,8,10-11,13-14H,6-7H2,1H3/t8-,10?,11?/m1/s1. The summed E-state index contributed by atoms with van der Waals surface area (Å²) in [6.07, 6.45) is 1.37. The molecule has 0 aliphatic carbocycles. The molecule has 4 heteroatoms. The van der Waals surface area contributed by atoms with E-state index in [-0.39, 0.29) is 12.1 Å². The highest BCUT2D eigenvalue weighted by atomic mass is 16.5. The molecule has 82 valence electrons. The van der Waals surface area contributed by atoms with Gasteiger partial charge in [-0.3, -0.25) is 4.98 Å². The Morgan fingerprint density at radius 3 is 3.00 bits per heavy atom. The minimum atomic E-state index is -0.406. The van der Waals surface area contributed by atoms with Crippen molar-refractivity contribution in [2.75, 3.05) is 13.2 Å². The lowest BCUT2D eigenvalue weighted by molar-refractivity contribution is 0.121. The molecule has 1 fully saturated rings. The van der Waals surface area contributed by atoms with Crippen LogP contribution in [-0.2, 0) is 4.74 Å². The van der Waals surface area contributed by atoms with Gasteiger partial charge in [0.2, 0.25) is 0 Å². The first-order valence-corrected chi connectivity index (χ1v) is 5.20. The molecule has 4 nitrogen and oxygen atoms in total. The second kappa shape index (κ2) is 4.70. The van der Waals surface area contributed by atoms with E-state index in [0.29, 0.717) is 13.2 Å². The lowest BCUT2D eigenvalue weighted by Crippen LogP contribution is -2.40. The molecule has 0 spiro atoms. The summed E-state index contributed by atoms with van der Waals surface area (Å²) >= 11 is 0. The molecule has 3 atom stereocenters. The molecule has 1 aliphatic heterocycles. The lowest BCUT2D eigenvalue weighted by atomic mass is 10.1. The number of ether oxygens (including phenoxy) is 1. The van der Waals surface area contributed by atoms with Crippen LogP contribution in [0.4, 0.5) is 0 Å². The first-order valence-electron chi connectivity index (χ1n) is 5.20. The maximum Gasteiger partial charge on any atom is 0.0948 e. The number of aromatic nitrogens is 1. The third-order valence-corrected chi connectivity index (χ3v) is 2.65. The average molecular weight is 208 g/mol. The van der Waals surface area contributed by atoms with E-state index in [9.17, 15) is 5.11 Å². The zero-order valence-electron chi connectivity index (χ0n) is 8.76. The first-order chi connectivity index (χ1) is 7.27. The van der Waals surface area contributed by atoms with Crippen molar-refractivity contribution in [2.45, 2.75) is 25.1 Å².